The minimum atomic E-state index is -0.772. The summed E-state index contributed by atoms with van der Waals surface area (Å²) in [5.74, 6) is -1.09. The first kappa shape index (κ1) is 17.7. The SMILES string of the molecule is CSc1ncc(Cl)c(C(=O)NCCCCCCC(=O)O)n1. The summed E-state index contributed by atoms with van der Waals surface area (Å²) in [4.78, 5) is 30.3. The van der Waals surface area contributed by atoms with Crippen LogP contribution >= 0.6 is 23.4 Å². The molecule has 1 rings (SSSR count). The number of hydrogen-bond donors (Lipinski definition) is 2. The highest BCUT2D eigenvalue weighted by Gasteiger charge is 2.13. The van der Waals surface area contributed by atoms with Crippen LogP contribution in [0.15, 0.2) is 11.4 Å². The molecule has 116 valence electrons. The zero-order chi connectivity index (χ0) is 15.7. The smallest absolute Gasteiger partial charge is 0.303 e. The fraction of sp³-hybridized carbons (Fsp3) is 0.538. The molecule has 0 unspecified atom stereocenters. The number of carboxylic acids is 1. The van der Waals surface area contributed by atoms with Gasteiger partial charge >= 0.3 is 5.97 Å². The van der Waals surface area contributed by atoms with Crippen LogP contribution in [0.5, 0.6) is 0 Å². The number of nitrogens with one attached hydrogen (secondary N) is 1. The lowest BCUT2D eigenvalue weighted by molar-refractivity contribution is -0.137. The Labute approximate surface area is 132 Å². The summed E-state index contributed by atoms with van der Waals surface area (Å²) >= 11 is 7.25. The van der Waals surface area contributed by atoms with E-state index in [4.69, 9.17) is 16.7 Å². The minimum absolute atomic E-state index is 0.182. The monoisotopic (exact) mass is 331 g/mol. The molecular weight excluding hydrogens is 314 g/mol. The Bertz CT molecular complexity index is 500. The Morgan fingerprint density at radius 1 is 1.33 bits per heavy atom. The number of hydrogen-bond acceptors (Lipinski definition) is 5. The summed E-state index contributed by atoms with van der Waals surface area (Å²) in [5.41, 5.74) is 0.182. The molecule has 6 nitrogen and oxygen atoms in total. The van der Waals surface area contributed by atoms with E-state index in [1.165, 1.54) is 18.0 Å². The van der Waals surface area contributed by atoms with Crippen LogP contribution in [0.1, 0.15) is 42.6 Å². The molecule has 1 aromatic rings. The van der Waals surface area contributed by atoms with Crippen molar-refractivity contribution < 1.29 is 14.7 Å². The number of aromatic nitrogens is 2. The van der Waals surface area contributed by atoms with Crippen molar-refractivity contribution in [1.82, 2.24) is 15.3 Å². The maximum absolute atomic E-state index is 11.9. The van der Waals surface area contributed by atoms with Crippen LogP contribution in [-0.2, 0) is 4.79 Å². The van der Waals surface area contributed by atoms with E-state index in [0.717, 1.165) is 19.3 Å². The van der Waals surface area contributed by atoms with Gasteiger partial charge in [0.2, 0.25) is 0 Å². The van der Waals surface area contributed by atoms with E-state index in [0.29, 0.717) is 18.1 Å². The zero-order valence-electron chi connectivity index (χ0n) is 11.8. The van der Waals surface area contributed by atoms with Crippen molar-refractivity contribution in [3.8, 4) is 0 Å². The van der Waals surface area contributed by atoms with Crippen LogP contribution in [0.2, 0.25) is 5.02 Å². The first-order valence-corrected chi connectivity index (χ1v) is 8.21. The molecule has 0 radical (unpaired) electrons. The maximum atomic E-state index is 11.9. The number of halogens is 1. The Kier molecular flexibility index (Phi) is 8.07. The quantitative estimate of drug-likeness (QED) is 0.410. The lowest BCUT2D eigenvalue weighted by atomic mass is 10.1. The highest BCUT2D eigenvalue weighted by Crippen LogP contribution is 2.16. The third-order valence-electron chi connectivity index (χ3n) is 2.72. The van der Waals surface area contributed by atoms with Crippen LogP contribution in [0.25, 0.3) is 0 Å². The number of amides is 1. The van der Waals surface area contributed by atoms with Crippen molar-refractivity contribution in [3.05, 3.63) is 16.9 Å². The number of unbranched alkanes of at least 4 members (excludes halogenated alkanes) is 3. The molecule has 0 aliphatic carbocycles. The topological polar surface area (TPSA) is 92.2 Å². The van der Waals surface area contributed by atoms with E-state index in [1.807, 2.05) is 6.26 Å². The molecule has 0 saturated carbocycles. The molecule has 21 heavy (non-hydrogen) atoms. The molecule has 2 N–H and O–H groups in total. The molecule has 0 aromatic carbocycles. The molecule has 1 aromatic heterocycles. The lowest BCUT2D eigenvalue weighted by Crippen LogP contribution is -2.26. The Morgan fingerprint density at radius 2 is 2.05 bits per heavy atom. The number of rotatable bonds is 9. The molecule has 0 aliphatic heterocycles. The van der Waals surface area contributed by atoms with E-state index in [2.05, 4.69) is 15.3 Å². The van der Waals surface area contributed by atoms with Gasteiger partial charge in [0, 0.05) is 13.0 Å². The lowest BCUT2D eigenvalue weighted by Gasteiger charge is -2.06. The van der Waals surface area contributed by atoms with Crippen LogP contribution in [-0.4, -0.2) is 39.8 Å². The van der Waals surface area contributed by atoms with Crippen molar-refractivity contribution in [2.24, 2.45) is 0 Å². The van der Waals surface area contributed by atoms with Gasteiger partial charge in [-0.3, -0.25) is 9.59 Å². The van der Waals surface area contributed by atoms with Gasteiger partial charge in [0.1, 0.15) is 0 Å². The highest BCUT2D eigenvalue weighted by molar-refractivity contribution is 7.98. The highest BCUT2D eigenvalue weighted by atomic mass is 35.5. The van der Waals surface area contributed by atoms with Crippen LogP contribution in [0, 0.1) is 0 Å². The number of thioether (sulfide) groups is 1. The predicted molar refractivity (Wildman–Crippen MR) is 81.9 cm³/mol. The van der Waals surface area contributed by atoms with Gasteiger partial charge in [-0.15, -0.1) is 0 Å². The van der Waals surface area contributed by atoms with E-state index in [1.54, 1.807) is 0 Å². The zero-order valence-corrected chi connectivity index (χ0v) is 13.3. The van der Waals surface area contributed by atoms with E-state index in [-0.39, 0.29) is 23.0 Å². The summed E-state index contributed by atoms with van der Waals surface area (Å²) in [7, 11) is 0. The fourth-order valence-electron chi connectivity index (χ4n) is 1.65. The largest absolute Gasteiger partial charge is 0.481 e. The molecule has 8 heteroatoms. The van der Waals surface area contributed by atoms with Gasteiger partial charge < -0.3 is 10.4 Å². The molecule has 0 spiro atoms. The minimum Gasteiger partial charge on any atom is -0.481 e. The normalized spacial score (nSPS) is 10.4. The second-order valence-corrected chi connectivity index (χ2v) is 5.55. The Morgan fingerprint density at radius 3 is 2.71 bits per heavy atom. The van der Waals surface area contributed by atoms with Gasteiger partial charge in [-0.2, -0.15) is 0 Å². The van der Waals surface area contributed by atoms with Crippen LogP contribution in [0.4, 0.5) is 0 Å². The predicted octanol–water partition coefficient (Wildman–Crippen LogP) is 2.62. The number of carbonyl (C=O) groups excluding carboxylic acids is 1. The molecule has 0 bridgehead atoms. The standard InChI is InChI=1S/C13H18ClN3O3S/c1-21-13-16-8-9(14)11(17-13)12(20)15-7-5-3-2-4-6-10(18)19/h8H,2-7H2,1H3,(H,15,20)(H,18,19). The van der Waals surface area contributed by atoms with E-state index < -0.39 is 5.97 Å². The summed E-state index contributed by atoms with van der Waals surface area (Å²) in [6, 6.07) is 0. The van der Waals surface area contributed by atoms with Crippen molar-refractivity contribution in [2.75, 3.05) is 12.8 Å². The molecule has 1 amide bonds. The maximum Gasteiger partial charge on any atom is 0.303 e. The summed E-state index contributed by atoms with van der Waals surface area (Å²) in [6.45, 7) is 0.515. The van der Waals surface area contributed by atoms with Gasteiger partial charge in [0.05, 0.1) is 11.2 Å². The van der Waals surface area contributed by atoms with Gasteiger partial charge in [-0.25, -0.2) is 9.97 Å². The number of carboxylic acid groups (broad SMARTS) is 1. The Hall–Kier alpha value is -1.34. The van der Waals surface area contributed by atoms with Gasteiger partial charge in [0.25, 0.3) is 5.91 Å². The van der Waals surface area contributed by atoms with Crippen molar-refractivity contribution in [1.29, 1.82) is 0 Å². The molecule has 0 aliphatic rings. The molecule has 0 atom stereocenters. The third-order valence-corrected chi connectivity index (χ3v) is 3.56. The molecule has 0 saturated heterocycles. The third kappa shape index (κ3) is 6.77. The first-order chi connectivity index (χ1) is 10.0. The second-order valence-electron chi connectivity index (χ2n) is 4.37. The van der Waals surface area contributed by atoms with E-state index >= 15 is 0 Å². The average Bonchev–Trinajstić information content (AvgIpc) is 2.46. The summed E-state index contributed by atoms with van der Waals surface area (Å²) in [6.07, 6.45) is 6.61. The number of aliphatic carboxylic acids is 1. The average molecular weight is 332 g/mol. The Balaban J connectivity index is 2.29. The first-order valence-electron chi connectivity index (χ1n) is 6.61. The van der Waals surface area contributed by atoms with Crippen molar-refractivity contribution >= 4 is 35.2 Å². The van der Waals surface area contributed by atoms with Crippen molar-refractivity contribution in [3.63, 3.8) is 0 Å². The second kappa shape index (κ2) is 9.57. The van der Waals surface area contributed by atoms with Crippen LogP contribution in [0.3, 0.4) is 0 Å². The fourth-order valence-corrected chi connectivity index (χ4v) is 2.17. The molecule has 1 heterocycles. The van der Waals surface area contributed by atoms with Gasteiger partial charge in [-0.05, 0) is 19.1 Å². The van der Waals surface area contributed by atoms with Crippen molar-refractivity contribution in [2.45, 2.75) is 37.3 Å². The number of carbonyl (C=O) groups is 2. The summed E-state index contributed by atoms with van der Waals surface area (Å²) < 4.78 is 0. The van der Waals surface area contributed by atoms with Gasteiger partial charge in [-0.1, -0.05) is 36.2 Å². The molecule has 0 fully saturated rings. The summed E-state index contributed by atoms with van der Waals surface area (Å²) in [5, 5.41) is 12.0. The van der Waals surface area contributed by atoms with Crippen LogP contribution < -0.4 is 5.32 Å². The molecular formula is C13H18ClN3O3S. The number of nitrogens with zero attached hydrogens (tertiary/aromatic N) is 2. The van der Waals surface area contributed by atoms with E-state index in [9.17, 15) is 9.59 Å². The van der Waals surface area contributed by atoms with Gasteiger partial charge in [0.15, 0.2) is 10.9 Å².